The van der Waals surface area contributed by atoms with E-state index in [0.29, 0.717) is 23.4 Å². The zero-order valence-electron chi connectivity index (χ0n) is 16.8. The SMILES string of the molecule is CC1CCC(C(C)C)C(OC(=O)COC(=O)c2cc3ccccc3cc2N)C1. The van der Waals surface area contributed by atoms with Crippen molar-refractivity contribution in [2.75, 3.05) is 12.3 Å². The van der Waals surface area contributed by atoms with E-state index in [1.54, 1.807) is 12.1 Å². The first-order chi connectivity index (χ1) is 13.3. The molecule has 0 heterocycles. The molecule has 1 saturated carbocycles. The van der Waals surface area contributed by atoms with Crippen LogP contribution in [0.15, 0.2) is 36.4 Å². The van der Waals surface area contributed by atoms with Gasteiger partial charge in [0.25, 0.3) is 0 Å². The fourth-order valence-electron chi connectivity index (χ4n) is 4.09. The Balaban J connectivity index is 1.61. The molecular formula is C23H29NO4. The molecule has 1 fully saturated rings. The lowest BCUT2D eigenvalue weighted by molar-refractivity contribution is -0.159. The Kier molecular flexibility index (Phi) is 6.22. The van der Waals surface area contributed by atoms with Crippen LogP contribution in [0, 0.1) is 17.8 Å². The Labute approximate surface area is 166 Å². The van der Waals surface area contributed by atoms with E-state index >= 15 is 0 Å². The third-order valence-electron chi connectivity index (χ3n) is 5.70. The van der Waals surface area contributed by atoms with E-state index < -0.39 is 18.5 Å². The van der Waals surface area contributed by atoms with Crippen LogP contribution in [0.25, 0.3) is 10.8 Å². The molecule has 0 amide bonds. The molecule has 150 valence electrons. The van der Waals surface area contributed by atoms with Gasteiger partial charge in [-0.05, 0) is 53.5 Å². The zero-order chi connectivity index (χ0) is 20.3. The molecular weight excluding hydrogens is 354 g/mol. The molecule has 0 aliphatic heterocycles. The summed E-state index contributed by atoms with van der Waals surface area (Å²) in [5.74, 6) is 0.222. The first kappa shape index (κ1) is 20.2. The number of fused-ring (bicyclic) bond motifs is 1. The molecule has 3 unspecified atom stereocenters. The summed E-state index contributed by atoms with van der Waals surface area (Å²) in [6.45, 7) is 6.09. The van der Waals surface area contributed by atoms with Crippen LogP contribution in [0.5, 0.6) is 0 Å². The van der Waals surface area contributed by atoms with E-state index in [0.717, 1.165) is 30.0 Å². The molecule has 3 rings (SSSR count). The monoisotopic (exact) mass is 383 g/mol. The third-order valence-corrected chi connectivity index (χ3v) is 5.70. The van der Waals surface area contributed by atoms with Gasteiger partial charge in [-0.3, -0.25) is 0 Å². The molecule has 3 atom stereocenters. The average Bonchev–Trinajstić information content (AvgIpc) is 2.65. The lowest BCUT2D eigenvalue weighted by Gasteiger charge is -2.36. The van der Waals surface area contributed by atoms with Crippen LogP contribution in [0.4, 0.5) is 5.69 Å². The second kappa shape index (κ2) is 8.63. The fraction of sp³-hybridized carbons (Fsp3) is 0.478. The number of carbonyl (C=O) groups excluding carboxylic acids is 2. The Morgan fingerprint density at radius 3 is 2.50 bits per heavy atom. The maximum absolute atomic E-state index is 12.4. The molecule has 28 heavy (non-hydrogen) atoms. The van der Waals surface area contributed by atoms with Gasteiger partial charge >= 0.3 is 11.9 Å². The van der Waals surface area contributed by atoms with Crippen molar-refractivity contribution in [2.24, 2.45) is 17.8 Å². The van der Waals surface area contributed by atoms with Crippen LogP contribution >= 0.6 is 0 Å². The van der Waals surface area contributed by atoms with E-state index in [9.17, 15) is 9.59 Å². The van der Waals surface area contributed by atoms with Gasteiger partial charge in [-0.25, -0.2) is 9.59 Å². The smallest absolute Gasteiger partial charge is 0.344 e. The van der Waals surface area contributed by atoms with Crippen molar-refractivity contribution < 1.29 is 19.1 Å². The zero-order valence-corrected chi connectivity index (χ0v) is 16.8. The number of esters is 2. The van der Waals surface area contributed by atoms with Gasteiger partial charge in [0.2, 0.25) is 0 Å². The van der Waals surface area contributed by atoms with Crippen molar-refractivity contribution in [3.05, 3.63) is 42.0 Å². The first-order valence-electron chi connectivity index (χ1n) is 10.00. The number of hydrogen-bond donors (Lipinski definition) is 1. The lowest BCUT2D eigenvalue weighted by Crippen LogP contribution is -2.36. The predicted octanol–water partition coefficient (Wildman–Crippen LogP) is 4.58. The highest BCUT2D eigenvalue weighted by Crippen LogP contribution is 2.35. The largest absolute Gasteiger partial charge is 0.460 e. The van der Waals surface area contributed by atoms with Crippen LogP contribution in [-0.4, -0.2) is 24.6 Å². The van der Waals surface area contributed by atoms with Gasteiger partial charge in [0.1, 0.15) is 6.10 Å². The molecule has 1 aliphatic carbocycles. The van der Waals surface area contributed by atoms with E-state index in [1.807, 2.05) is 24.3 Å². The maximum Gasteiger partial charge on any atom is 0.344 e. The molecule has 2 aromatic rings. The minimum atomic E-state index is -0.613. The normalized spacial score (nSPS) is 22.2. The number of nitrogens with two attached hydrogens (primary N) is 1. The topological polar surface area (TPSA) is 78.6 Å². The Morgan fingerprint density at radius 2 is 1.82 bits per heavy atom. The van der Waals surface area contributed by atoms with Crippen LogP contribution in [0.3, 0.4) is 0 Å². The van der Waals surface area contributed by atoms with Crippen molar-refractivity contribution in [2.45, 2.75) is 46.1 Å². The fourth-order valence-corrected chi connectivity index (χ4v) is 4.09. The van der Waals surface area contributed by atoms with Gasteiger partial charge < -0.3 is 15.2 Å². The van der Waals surface area contributed by atoms with Crippen LogP contribution < -0.4 is 5.73 Å². The Hall–Kier alpha value is -2.56. The first-order valence-corrected chi connectivity index (χ1v) is 10.00. The van der Waals surface area contributed by atoms with Crippen LogP contribution in [-0.2, 0) is 14.3 Å². The van der Waals surface area contributed by atoms with Gasteiger partial charge in [0.05, 0.1) is 5.56 Å². The van der Waals surface area contributed by atoms with Crippen molar-refractivity contribution in [3.8, 4) is 0 Å². The molecule has 0 aromatic heterocycles. The molecule has 0 saturated heterocycles. The van der Waals surface area contributed by atoms with E-state index in [-0.39, 0.29) is 11.7 Å². The summed E-state index contributed by atoms with van der Waals surface area (Å²) >= 11 is 0. The number of anilines is 1. The van der Waals surface area contributed by atoms with Gasteiger partial charge in [-0.2, -0.15) is 0 Å². The molecule has 0 radical (unpaired) electrons. The summed E-state index contributed by atoms with van der Waals surface area (Å²) < 4.78 is 10.9. The van der Waals surface area contributed by atoms with Crippen molar-refractivity contribution >= 4 is 28.4 Å². The quantitative estimate of drug-likeness (QED) is 0.604. The highest BCUT2D eigenvalue weighted by atomic mass is 16.6. The number of ether oxygens (including phenoxy) is 2. The maximum atomic E-state index is 12.4. The van der Waals surface area contributed by atoms with Crippen LogP contribution in [0.2, 0.25) is 0 Å². The van der Waals surface area contributed by atoms with E-state index in [1.165, 1.54) is 0 Å². The molecule has 0 bridgehead atoms. The number of carbonyl (C=O) groups is 2. The van der Waals surface area contributed by atoms with Gasteiger partial charge in [0, 0.05) is 5.69 Å². The predicted molar refractivity (Wildman–Crippen MR) is 110 cm³/mol. The summed E-state index contributed by atoms with van der Waals surface area (Å²) in [6, 6.07) is 11.1. The average molecular weight is 383 g/mol. The Morgan fingerprint density at radius 1 is 1.14 bits per heavy atom. The lowest BCUT2D eigenvalue weighted by atomic mass is 9.75. The van der Waals surface area contributed by atoms with Gasteiger partial charge in [0.15, 0.2) is 6.61 Å². The summed E-state index contributed by atoms with van der Waals surface area (Å²) in [6.07, 6.45) is 2.97. The molecule has 5 heteroatoms. The number of hydrogen-bond acceptors (Lipinski definition) is 5. The molecule has 2 N–H and O–H groups in total. The summed E-state index contributed by atoms with van der Waals surface area (Å²) in [5.41, 5.74) is 6.59. The second-order valence-electron chi connectivity index (χ2n) is 8.22. The molecule has 5 nitrogen and oxygen atoms in total. The van der Waals surface area contributed by atoms with E-state index in [2.05, 4.69) is 20.8 Å². The van der Waals surface area contributed by atoms with Crippen molar-refractivity contribution in [1.29, 1.82) is 0 Å². The van der Waals surface area contributed by atoms with Crippen molar-refractivity contribution in [1.82, 2.24) is 0 Å². The molecule has 1 aliphatic rings. The van der Waals surface area contributed by atoms with Gasteiger partial charge in [-0.1, -0.05) is 51.5 Å². The summed E-state index contributed by atoms with van der Waals surface area (Å²) in [5, 5.41) is 1.84. The van der Waals surface area contributed by atoms with E-state index in [4.69, 9.17) is 15.2 Å². The highest BCUT2D eigenvalue weighted by Gasteiger charge is 2.33. The Bertz CT molecular complexity index is 861. The molecule has 2 aromatic carbocycles. The minimum absolute atomic E-state index is 0.110. The standard InChI is InChI=1S/C23H29NO4/c1-14(2)18-9-8-15(3)10-21(18)28-22(25)13-27-23(26)19-11-16-6-4-5-7-17(16)12-20(19)24/h4-7,11-12,14-15,18,21H,8-10,13,24H2,1-3H3. The highest BCUT2D eigenvalue weighted by molar-refractivity contribution is 6.01. The number of nitrogen functional groups attached to an aromatic ring is 1. The van der Waals surface area contributed by atoms with Crippen molar-refractivity contribution in [3.63, 3.8) is 0 Å². The minimum Gasteiger partial charge on any atom is -0.460 e. The van der Waals surface area contributed by atoms with Gasteiger partial charge in [-0.15, -0.1) is 0 Å². The number of rotatable bonds is 5. The third kappa shape index (κ3) is 4.64. The summed E-state index contributed by atoms with van der Waals surface area (Å²) in [7, 11) is 0. The number of benzene rings is 2. The summed E-state index contributed by atoms with van der Waals surface area (Å²) in [4.78, 5) is 24.7. The second-order valence-corrected chi connectivity index (χ2v) is 8.22. The van der Waals surface area contributed by atoms with Crippen LogP contribution in [0.1, 0.15) is 50.4 Å². The molecule has 0 spiro atoms.